The molecule has 3 unspecified atom stereocenters. The van der Waals surface area contributed by atoms with Crippen molar-refractivity contribution in [3.63, 3.8) is 0 Å². The summed E-state index contributed by atoms with van der Waals surface area (Å²) >= 11 is 0. The van der Waals surface area contributed by atoms with E-state index in [4.69, 9.17) is 4.74 Å². The Morgan fingerprint density at radius 2 is 1.93 bits per heavy atom. The summed E-state index contributed by atoms with van der Waals surface area (Å²) in [6.45, 7) is 2.57. The SMILES string of the molecule is Cc1ccc(OC2CC3CC2N(C(=O)c2c(F)cccc2-c2ncccn2)C3)nc1. The lowest BCUT2D eigenvalue weighted by atomic mass is 10.0. The highest BCUT2D eigenvalue weighted by Crippen LogP contribution is 2.41. The third-order valence-corrected chi connectivity index (χ3v) is 5.88. The number of hydrogen-bond acceptors (Lipinski definition) is 5. The Labute approximate surface area is 173 Å². The minimum atomic E-state index is -0.564. The molecule has 0 radical (unpaired) electrons. The Morgan fingerprint density at radius 3 is 2.67 bits per heavy atom. The molecule has 2 bridgehead atoms. The largest absolute Gasteiger partial charge is 0.472 e. The maximum atomic E-state index is 14.8. The van der Waals surface area contributed by atoms with Crippen LogP contribution in [-0.4, -0.2) is 44.4 Å². The Kier molecular flexibility index (Phi) is 4.65. The number of carbonyl (C=O) groups excluding carboxylic acids is 1. The van der Waals surface area contributed by atoms with E-state index in [-0.39, 0.29) is 23.6 Å². The molecule has 152 valence electrons. The van der Waals surface area contributed by atoms with Gasteiger partial charge in [-0.15, -0.1) is 0 Å². The molecule has 1 amide bonds. The number of rotatable bonds is 4. The van der Waals surface area contributed by atoms with Crippen molar-refractivity contribution in [1.29, 1.82) is 0 Å². The van der Waals surface area contributed by atoms with Gasteiger partial charge in [-0.1, -0.05) is 18.2 Å². The lowest BCUT2D eigenvalue weighted by Crippen LogP contribution is -2.47. The summed E-state index contributed by atoms with van der Waals surface area (Å²) in [4.78, 5) is 27.9. The van der Waals surface area contributed by atoms with Gasteiger partial charge < -0.3 is 9.64 Å². The molecule has 0 N–H and O–H groups in total. The molecule has 2 aromatic heterocycles. The molecule has 1 saturated carbocycles. The zero-order chi connectivity index (χ0) is 20.7. The van der Waals surface area contributed by atoms with Gasteiger partial charge in [-0.05, 0) is 43.4 Å². The highest BCUT2D eigenvalue weighted by Gasteiger charge is 2.49. The number of aromatic nitrogens is 3. The van der Waals surface area contributed by atoms with Crippen molar-refractivity contribution in [2.75, 3.05) is 6.54 Å². The predicted molar refractivity (Wildman–Crippen MR) is 108 cm³/mol. The topological polar surface area (TPSA) is 68.2 Å². The van der Waals surface area contributed by atoms with E-state index in [1.54, 1.807) is 41.7 Å². The third kappa shape index (κ3) is 3.30. The fraction of sp³-hybridized carbons (Fsp3) is 0.304. The molecule has 30 heavy (non-hydrogen) atoms. The fourth-order valence-corrected chi connectivity index (χ4v) is 4.51. The molecule has 0 spiro atoms. The highest BCUT2D eigenvalue weighted by molar-refractivity contribution is 6.00. The first kappa shape index (κ1) is 18.7. The van der Waals surface area contributed by atoms with E-state index in [2.05, 4.69) is 15.0 Å². The van der Waals surface area contributed by atoms with Gasteiger partial charge in [-0.3, -0.25) is 4.79 Å². The van der Waals surface area contributed by atoms with Crippen molar-refractivity contribution < 1.29 is 13.9 Å². The molecule has 5 rings (SSSR count). The number of piperidine rings is 1. The Bertz CT molecular complexity index is 1070. The van der Waals surface area contributed by atoms with E-state index in [1.165, 1.54) is 6.07 Å². The summed E-state index contributed by atoms with van der Waals surface area (Å²) in [5.41, 5.74) is 1.48. The number of pyridine rings is 1. The van der Waals surface area contributed by atoms with E-state index < -0.39 is 5.82 Å². The van der Waals surface area contributed by atoms with Gasteiger partial charge in [0.15, 0.2) is 5.82 Å². The first-order valence-corrected chi connectivity index (χ1v) is 10.1. The summed E-state index contributed by atoms with van der Waals surface area (Å²) in [5.74, 6) is 0.326. The van der Waals surface area contributed by atoms with E-state index in [1.807, 2.05) is 19.1 Å². The second-order valence-electron chi connectivity index (χ2n) is 7.93. The molecule has 3 aromatic rings. The van der Waals surface area contributed by atoms with Crippen LogP contribution in [0.3, 0.4) is 0 Å². The van der Waals surface area contributed by atoms with E-state index in [0.29, 0.717) is 29.7 Å². The summed E-state index contributed by atoms with van der Waals surface area (Å²) in [6.07, 6.45) is 6.50. The molecule has 1 aliphatic carbocycles. The van der Waals surface area contributed by atoms with Gasteiger partial charge in [-0.2, -0.15) is 0 Å². The van der Waals surface area contributed by atoms with Gasteiger partial charge in [0.1, 0.15) is 11.9 Å². The van der Waals surface area contributed by atoms with E-state index in [9.17, 15) is 9.18 Å². The molecule has 3 atom stereocenters. The van der Waals surface area contributed by atoms with Crippen LogP contribution in [0.2, 0.25) is 0 Å². The summed E-state index contributed by atoms with van der Waals surface area (Å²) in [6, 6.07) is 9.93. The van der Waals surface area contributed by atoms with Gasteiger partial charge in [0.05, 0.1) is 11.6 Å². The van der Waals surface area contributed by atoms with Gasteiger partial charge in [0, 0.05) is 36.8 Å². The molecule has 1 saturated heterocycles. The highest BCUT2D eigenvalue weighted by atomic mass is 19.1. The van der Waals surface area contributed by atoms with Crippen LogP contribution in [0, 0.1) is 18.7 Å². The number of hydrogen-bond donors (Lipinski definition) is 0. The molecule has 1 aromatic carbocycles. The number of aryl methyl sites for hydroxylation is 1. The number of carbonyl (C=O) groups is 1. The lowest BCUT2D eigenvalue weighted by Gasteiger charge is -2.33. The zero-order valence-corrected chi connectivity index (χ0v) is 16.5. The van der Waals surface area contributed by atoms with Crippen molar-refractivity contribution in [1.82, 2.24) is 19.9 Å². The standard InChI is InChI=1S/C23H21FN4O2/c1-14-6-7-20(27-12-14)30-19-11-15-10-18(19)28(13-15)23(29)21-16(4-2-5-17(21)24)22-25-8-3-9-26-22/h2-9,12,15,18-19H,10-11,13H2,1H3. The number of nitrogens with zero attached hydrogens (tertiary/aromatic N) is 4. The van der Waals surface area contributed by atoms with Gasteiger partial charge >= 0.3 is 0 Å². The monoisotopic (exact) mass is 404 g/mol. The third-order valence-electron chi connectivity index (χ3n) is 5.88. The smallest absolute Gasteiger partial charge is 0.257 e. The number of likely N-dealkylation sites (tertiary alicyclic amines) is 1. The van der Waals surface area contributed by atoms with E-state index in [0.717, 1.165) is 18.4 Å². The molecule has 1 aliphatic heterocycles. The Morgan fingerprint density at radius 1 is 1.10 bits per heavy atom. The summed E-state index contributed by atoms with van der Waals surface area (Å²) in [7, 11) is 0. The number of ether oxygens (including phenoxy) is 1. The minimum absolute atomic E-state index is 0.0171. The number of halogens is 1. The van der Waals surface area contributed by atoms with Crippen molar-refractivity contribution in [3.05, 3.63) is 71.9 Å². The maximum absolute atomic E-state index is 14.8. The zero-order valence-electron chi connectivity index (χ0n) is 16.5. The number of amides is 1. The molecule has 2 aliphatic rings. The molecule has 2 fully saturated rings. The number of fused-ring (bicyclic) bond motifs is 2. The first-order valence-electron chi connectivity index (χ1n) is 10.1. The van der Waals surface area contributed by atoms with Crippen molar-refractivity contribution in [3.8, 4) is 17.3 Å². The predicted octanol–water partition coefficient (Wildman–Crippen LogP) is 3.67. The van der Waals surface area contributed by atoms with Crippen LogP contribution < -0.4 is 4.74 Å². The average molecular weight is 404 g/mol. The van der Waals surface area contributed by atoms with Gasteiger partial charge in [0.25, 0.3) is 5.91 Å². The molecule has 6 nitrogen and oxygen atoms in total. The summed E-state index contributed by atoms with van der Waals surface area (Å²) < 4.78 is 20.9. The van der Waals surface area contributed by atoms with Crippen LogP contribution in [0.25, 0.3) is 11.4 Å². The minimum Gasteiger partial charge on any atom is -0.472 e. The lowest BCUT2D eigenvalue weighted by molar-refractivity contribution is 0.0463. The van der Waals surface area contributed by atoms with Crippen molar-refractivity contribution >= 4 is 5.91 Å². The van der Waals surface area contributed by atoms with E-state index >= 15 is 0 Å². The van der Waals surface area contributed by atoms with Crippen LogP contribution in [0.5, 0.6) is 5.88 Å². The van der Waals surface area contributed by atoms with Crippen LogP contribution in [0.1, 0.15) is 28.8 Å². The van der Waals surface area contributed by atoms with Crippen molar-refractivity contribution in [2.24, 2.45) is 5.92 Å². The Balaban J connectivity index is 1.43. The molecule has 7 heteroatoms. The maximum Gasteiger partial charge on any atom is 0.257 e. The van der Waals surface area contributed by atoms with Crippen LogP contribution in [0.15, 0.2) is 55.0 Å². The molecular weight excluding hydrogens is 383 g/mol. The number of benzene rings is 1. The van der Waals surface area contributed by atoms with Crippen LogP contribution >= 0.6 is 0 Å². The quantitative estimate of drug-likeness (QED) is 0.664. The Hall–Kier alpha value is -3.35. The van der Waals surface area contributed by atoms with Crippen molar-refractivity contribution in [2.45, 2.75) is 31.9 Å². The second kappa shape index (κ2) is 7.48. The molecular formula is C23H21FN4O2. The van der Waals surface area contributed by atoms with Crippen LogP contribution in [0.4, 0.5) is 4.39 Å². The molecule has 3 heterocycles. The summed E-state index contributed by atoms with van der Waals surface area (Å²) in [5, 5.41) is 0. The van der Waals surface area contributed by atoms with Gasteiger partial charge in [-0.25, -0.2) is 19.3 Å². The fourth-order valence-electron chi connectivity index (χ4n) is 4.51. The second-order valence-corrected chi connectivity index (χ2v) is 7.93. The van der Waals surface area contributed by atoms with Crippen LogP contribution in [-0.2, 0) is 0 Å². The first-order chi connectivity index (χ1) is 14.6. The average Bonchev–Trinajstić information content (AvgIpc) is 3.36. The van der Waals surface area contributed by atoms with Gasteiger partial charge in [0.2, 0.25) is 5.88 Å². The normalized spacial score (nSPS) is 22.3.